The number of hydrogen-bond donors (Lipinski definition) is 2. The molecule has 142 valence electrons. The molecule has 2 aromatic carbocycles. The van der Waals surface area contributed by atoms with Crippen LogP contribution in [0.5, 0.6) is 17.2 Å². The number of nitrogens with zero attached hydrogens (tertiary/aromatic N) is 1. The second-order valence-corrected chi connectivity index (χ2v) is 6.09. The monoisotopic (exact) mass is 371 g/mol. The molecule has 0 unspecified atom stereocenters. The van der Waals surface area contributed by atoms with Gasteiger partial charge >= 0.3 is 0 Å². The number of hydrogen-bond acceptors (Lipinski definition) is 6. The summed E-state index contributed by atoms with van der Waals surface area (Å²) >= 11 is 0. The van der Waals surface area contributed by atoms with Crippen LogP contribution in [0.4, 0.5) is 0 Å². The predicted molar refractivity (Wildman–Crippen MR) is 103 cm³/mol. The van der Waals surface area contributed by atoms with Crippen molar-refractivity contribution in [2.45, 2.75) is 13.8 Å². The fourth-order valence-electron chi connectivity index (χ4n) is 3.03. The van der Waals surface area contributed by atoms with Crippen LogP contribution in [0, 0.1) is 13.8 Å². The summed E-state index contributed by atoms with van der Waals surface area (Å²) in [6, 6.07) is 6.83. The summed E-state index contributed by atoms with van der Waals surface area (Å²) in [7, 11) is 2.97. The molecule has 1 aromatic heterocycles. The lowest BCUT2D eigenvalue weighted by Crippen LogP contribution is -2.11. The number of aliphatic hydroxyl groups is 1. The lowest BCUT2D eigenvalue weighted by atomic mass is 10.0. The van der Waals surface area contributed by atoms with E-state index in [1.54, 1.807) is 24.3 Å². The van der Waals surface area contributed by atoms with Crippen LogP contribution in [0.2, 0.25) is 1.41 Å². The maximum Gasteiger partial charge on any atom is 0.262 e. The van der Waals surface area contributed by atoms with E-state index in [-0.39, 0.29) is 24.4 Å². The van der Waals surface area contributed by atoms with Crippen molar-refractivity contribution in [3.05, 3.63) is 45.7 Å². The molecule has 7 heteroatoms. The van der Waals surface area contributed by atoms with Crippen LogP contribution >= 0.6 is 0 Å². The molecular formula is C20H22N2O5. The van der Waals surface area contributed by atoms with Crippen LogP contribution in [-0.4, -0.2) is 42.5 Å². The average molecular weight is 371 g/mol. The number of aromatic amines is 1. The first-order valence-electron chi connectivity index (χ1n) is 8.89. The largest absolute Gasteiger partial charge is 0.497 e. The van der Waals surface area contributed by atoms with Crippen LogP contribution in [0.3, 0.4) is 0 Å². The molecule has 7 nitrogen and oxygen atoms in total. The topological polar surface area (TPSA) is 93.7 Å². The molecule has 3 rings (SSSR count). The third kappa shape index (κ3) is 3.59. The van der Waals surface area contributed by atoms with E-state index in [0.29, 0.717) is 28.3 Å². The van der Waals surface area contributed by atoms with Crippen LogP contribution in [-0.2, 0) is 0 Å². The van der Waals surface area contributed by atoms with E-state index in [0.717, 1.165) is 16.1 Å². The van der Waals surface area contributed by atoms with Crippen molar-refractivity contribution in [2.24, 2.45) is 0 Å². The first-order chi connectivity index (χ1) is 13.4. The van der Waals surface area contributed by atoms with Gasteiger partial charge in [-0.05, 0) is 37.1 Å². The van der Waals surface area contributed by atoms with E-state index in [4.69, 9.17) is 20.7 Å². The summed E-state index contributed by atoms with van der Waals surface area (Å²) < 4.78 is 24.4. The van der Waals surface area contributed by atoms with Gasteiger partial charge in [-0.1, -0.05) is 0 Å². The highest BCUT2D eigenvalue weighted by Gasteiger charge is 2.14. The molecule has 0 aliphatic heterocycles. The van der Waals surface area contributed by atoms with Crippen LogP contribution in [0.25, 0.3) is 22.3 Å². The van der Waals surface area contributed by atoms with Crippen molar-refractivity contribution in [1.29, 1.82) is 0 Å². The Hall–Kier alpha value is -3.06. The highest BCUT2D eigenvalue weighted by atomic mass is 16.5. The van der Waals surface area contributed by atoms with Gasteiger partial charge in [-0.3, -0.25) is 4.79 Å². The zero-order chi connectivity index (χ0) is 20.4. The molecule has 1 heterocycles. The molecule has 0 atom stereocenters. The molecule has 0 radical (unpaired) electrons. The number of benzene rings is 2. The number of rotatable bonds is 6. The molecule has 0 amide bonds. The molecule has 0 aliphatic carbocycles. The molecule has 3 aromatic rings. The van der Waals surface area contributed by atoms with Crippen LogP contribution in [0.15, 0.2) is 29.1 Å². The normalized spacial score (nSPS) is 11.4. The van der Waals surface area contributed by atoms with E-state index in [9.17, 15) is 4.79 Å². The Kier molecular flexibility index (Phi) is 4.93. The molecule has 0 bridgehead atoms. The highest BCUT2D eigenvalue weighted by Crippen LogP contribution is 2.31. The number of fused-ring (bicyclic) bond motifs is 1. The van der Waals surface area contributed by atoms with Crippen LogP contribution < -0.4 is 19.8 Å². The molecule has 27 heavy (non-hydrogen) atoms. The zero-order valence-corrected chi connectivity index (χ0v) is 15.7. The Balaban J connectivity index is 2.24. The third-order valence-corrected chi connectivity index (χ3v) is 4.21. The number of H-pyrrole nitrogens is 1. The van der Waals surface area contributed by atoms with Crippen molar-refractivity contribution in [2.75, 3.05) is 27.4 Å². The lowest BCUT2D eigenvalue weighted by Gasteiger charge is -2.14. The maximum absolute atomic E-state index is 12.8. The molecule has 0 fully saturated rings. The van der Waals surface area contributed by atoms with Gasteiger partial charge in [0, 0.05) is 17.7 Å². The maximum atomic E-state index is 12.8. The van der Waals surface area contributed by atoms with Gasteiger partial charge in [0.25, 0.3) is 5.56 Å². The molecule has 2 N–H and O–H groups in total. The van der Waals surface area contributed by atoms with E-state index >= 15 is 0 Å². The van der Waals surface area contributed by atoms with E-state index in [2.05, 4.69) is 4.98 Å². The van der Waals surface area contributed by atoms with Gasteiger partial charge in [0.2, 0.25) is 0 Å². The van der Waals surface area contributed by atoms with E-state index in [1.165, 1.54) is 14.2 Å². The number of aromatic nitrogens is 2. The van der Waals surface area contributed by atoms with Gasteiger partial charge in [-0.15, -0.1) is 0 Å². The summed E-state index contributed by atoms with van der Waals surface area (Å²) in [6.45, 7) is 3.84. The van der Waals surface area contributed by atoms with Crippen molar-refractivity contribution in [1.82, 2.24) is 9.96 Å². The molecule has 0 spiro atoms. The molecule has 0 aliphatic rings. The third-order valence-electron chi connectivity index (χ3n) is 4.21. The number of methoxy groups -OCH3 is 2. The Morgan fingerprint density at radius 3 is 2.44 bits per heavy atom. The fourth-order valence-corrected chi connectivity index (χ4v) is 3.03. The van der Waals surface area contributed by atoms with Crippen molar-refractivity contribution in [3.8, 4) is 28.6 Å². The first kappa shape index (κ1) is 17.4. The van der Waals surface area contributed by atoms with Crippen molar-refractivity contribution < 1.29 is 20.7 Å². The summed E-state index contributed by atoms with van der Waals surface area (Å²) in [5.41, 5.74) is 2.11. The van der Waals surface area contributed by atoms with Gasteiger partial charge in [0.15, 0.2) is 1.41 Å². The standard InChI is InChI=1S/C20H22N2O5/c1-11-7-13(8-12(2)18(11)27-6-5-23)19-21-15-9-14(25-3)10-16(26-4)17(15)20(24)22-19/h7-10,23H,5-6H2,1-4H3,(H,21,22,24)/i/hD. The van der Waals surface area contributed by atoms with Gasteiger partial charge in [-0.2, -0.15) is 0 Å². The molecule has 0 saturated heterocycles. The SMILES string of the molecule is [2H]n1c(-c2cc(C)c(OCCO)c(C)c2)nc2cc(OC)cc(OC)c2c1=O. The quantitative estimate of drug-likeness (QED) is 0.692. The Bertz CT molecular complexity index is 1070. The Morgan fingerprint density at radius 2 is 1.85 bits per heavy atom. The zero-order valence-electron chi connectivity index (χ0n) is 16.7. The minimum Gasteiger partial charge on any atom is -0.497 e. The summed E-state index contributed by atoms with van der Waals surface area (Å²) in [4.78, 5) is 18.1. The Morgan fingerprint density at radius 1 is 1.15 bits per heavy atom. The van der Waals surface area contributed by atoms with Gasteiger partial charge in [0.1, 0.15) is 35.1 Å². The van der Waals surface area contributed by atoms with Crippen molar-refractivity contribution >= 4 is 10.9 Å². The van der Waals surface area contributed by atoms with E-state index in [1.807, 2.05) is 13.8 Å². The van der Waals surface area contributed by atoms with E-state index < -0.39 is 5.56 Å². The number of aliphatic hydroxyl groups excluding tert-OH is 1. The first-order valence-corrected chi connectivity index (χ1v) is 8.44. The lowest BCUT2D eigenvalue weighted by molar-refractivity contribution is 0.200. The second kappa shape index (κ2) is 7.67. The second-order valence-electron chi connectivity index (χ2n) is 6.09. The van der Waals surface area contributed by atoms with Gasteiger partial charge < -0.3 is 24.3 Å². The minimum absolute atomic E-state index is 0.0806. The van der Waals surface area contributed by atoms with Gasteiger partial charge in [0.05, 0.1) is 26.3 Å². The molecular weight excluding hydrogens is 348 g/mol. The number of ether oxygens (including phenoxy) is 3. The van der Waals surface area contributed by atoms with Crippen molar-refractivity contribution in [3.63, 3.8) is 0 Å². The minimum atomic E-state index is -0.532. The number of aryl methyl sites for hydroxylation is 2. The predicted octanol–water partition coefficient (Wildman–Crippen LogP) is 2.60. The number of nitrogens with one attached hydrogen (secondary N) is 1. The smallest absolute Gasteiger partial charge is 0.262 e. The fraction of sp³-hybridized carbons (Fsp3) is 0.300. The van der Waals surface area contributed by atoms with Gasteiger partial charge in [-0.25, -0.2) is 4.98 Å². The molecule has 0 saturated carbocycles. The average Bonchev–Trinajstić information content (AvgIpc) is 2.68. The highest BCUT2D eigenvalue weighted by molar-refractivity contribution is 5.87. The van der Waals surface area contributed by atoms with Crippen LogP contribution in [0.1, 0.15) is 11.1 Å². The Labute approximate surface area is 158 Å². The summed E-state index contributed by atoms with van der Waals surface area (Å²) in [6.07, 6.45) is 0. The summed E-state index contributed by atoms with van der Waals surface area (Å²) in [5, 5.41) is 9.20. The summed E-state index contributed by atoms with van der Waals surface area (Å²) in [5.74, 6) is 1.68.